The summed E-state index contributed by atoms with van der Waals surface area (Å²) in [6.07, 6.45) is 0. The second kappa shape index (κ2) is 5.19. The van der Waals surface area contributed by atoms with Crippen LogP contribution in [-0.2, 0) is 6.61 Å². The minimum absolute atomic E-state index is 0.152. The van der Waals surface area contributed by atoms with Gasteiger partial charge in [0.05, 0.1) is 5.69 Å². The second-order valence-electron chi connectivity index (χ2n) is 3.56. The van der Waals surface area contributed by atoms with Crippen molar-refractivity contribution in [1.82, 2.24) is 0 Å². The van der Waals surface area contributed by atoms with Gasteiger partial charge < -0.3 is 10.5 Å². The molecular weight excluding hydrogens is 285 g/mol. The Morgan fingerprint density at radius 3 is 2.71 bits per heavy atom. The van der Waals surface area contributed by atoms with Gasteiger partial charge in [0.1, 0.15) is 18.2 Å². The maximum absolute atomic E-state index is 13.4. The van der Waals surface area contributed by atoms with Gasteiger partial charge in [0.15, 0.2) is 0 Å². The molecular formula is C13H11BrFNO. The van der Waals surface area contributed by atoms with Crippen molar-refractivity contribution in [2.24, 2.45) is 0 Å². The fourth-order valence-electron chi connectivity index (χ4n) is 1.42. The van der Waals surface area contributed by atoms with Crippen LogP contribution in [0.15, 0.2) is 46.9 Å². The summed E-state index contributed by atoms with van der Waals surface area (Å²) >= 11 is 3.29. The van der Waals surface area contributed by atoms with Crippen LogP contribution in [0.4, 0.5) is 10.1 Å². The molecule has 0 fully saturated rings. The molecule has 17 heavy (non-hydrogen) atoms. The minimum atomic E-state index is -0.289. The van der Waals surface area contributed by atoms with E-state index in [1.807, 2.05) is 12.1 Å². The Morgan fingerprint density at radius 1 is 1.18 bits per heavy atom. The number of nitrogen functional groups attached to an aromatic ring is 1. The fourth-order valence-corrected chi connectivity index (χ4v) is 1.83. The number of rotatable bonds is 3. The molecule has 88 valence electrons. The van der Waals surface area contributed by atoms with Gasteiger partial charge in [-0.05, 0) is 30.3 Å². The number of ether oxygens (including phenoxy) is 1. The summed E-state index contributed by atoms with van der Waals surface area (Å²) in [5, 5.41) is 0. The molecule has 0 aliphatic heterocycles. The van der Waals surface area contributed by atoms with Crippen molar-refractivity contribution in [3.63, 3.8) is 0 Å². The fraction of sp³-hybridized carbons (Fsp3) is 0.0769. The van der Waals surface area contributed by atoms with Crippen molar-refractivity contribution in [1.29, 1.82) is 0 Å². The van der Waals surface area contributed by atoms with Crippen molar-refractivity contribution < 1.29 is 9.13 Å². The average molecular weight is 296 g/mol. The van der Waals surface area contributed by atoms with Crippen LogP contribution in [0.2, 0.25) is 0 Å². The molecule has 0 saturated carbocycles. The highest BCUT2D eigenvalue weighted by atomic mass is 79.9. The van der Waals surface area contributed by atoms with E-state index in [9.17, 15) is 4.39 Å². The summed E-state index contributed by atoms with van der Waals surface area (Å²) in [6.45, 7) is 0.152. The third-order valence-electron chi connectivity index (χ3n) is 2.31. The van der Waals surface area contributed by atoms with E-state index in [0.29, 0.717) is 17.0 Å². The number of benzene rings is 2. The molecule has 0 aliphatic carbocycles. The van der Waals surface area contributed by atoms with E-state index in [-0.39, 0.29) is 12.4 Å². The molecule has 2 aromatic rings. The van der Waals surface area contributed by atoms with Gasteiger partial charge >= 0.3 is 0 Å². The zero-order chi connectivity index (χ0) is 12.3. The molecule has 0 aliphatic rings. The van der Waals surface area contributed by atoms with E-state index in [1.54, 1.807) is 24.3 Å². The maximum atomic E-state index is 13.4. The Bertz CT molecular complexity index is 531. The van der Waals surface area contributed by atoms with Crippen LogP contribution in [0.25, 0.3) is 0 Å². The smallest absolute Gasteiger partial charge is 0.142 e. The van der Waals surface area contributed by atoms with E-state index < -0.39 is 0 Å². The SMILES string of the molecule is Nc1ccccc1OCc1cc(Br)ccc1F. The number of hydrogen-bond donors (Lipinski definition) is 1. The van der Waals surface area contributed by atoms with Crippen molar-refractivity contribution >= 4 is 21.6 Å². The summed E-state index contributed by atoms with van der Waals surface area (Å²) in [6, 6.07) is 11.9. The third kappa shape index (κ3) is 2.97. The number of para-hydroxylation sites is 2. The molecule has 0 bridgehead atoms. The zero-order valence-electron chi connectivity index (χ0n) is 8.99. The Hall–Kier alpha value is -1.55. The molecule has 2 rings (SSSR count). The Balaban J connectivity index is 2.12. The second-order valence-corrected chi connectivity index (χ2v) is 4.48. The van der Waals surface area contributed by atoms with Gasteiger partial charge in [-0.1, -0.05) is 28.1 Å². The first kappa shape index (κ1) is 11.9. The molecule has 0 unspecified atom stereocenters. The summed E-state index contributed by atoms with van der Waals surface area (Å²) in [5.41, 5.74) is 6.76. The molecule has 2 nitrogen and oxygen atoms in total. The lowest BCUT2D eigenvalue weighted by Gasteiger charge is -2.09. The molecule has 4 heteroatoms. The van der Waals surface area contributed by atoms with Crippen LogP contribution in [0.5, 0.6) is 5.75 Å². The average Bonchev–Trinajstić information content (AvgIpc) is 2.32. The van der Waals surface area contributed by atoms with Crippen LogP contribution < -0.4 is 10.5 Å². The number of anilines is 1. The van der Waals surface area contributed by atoms with E-state index in [1.165, 1.54) is 6.07 Å². The van der Waals surface area contributed by atoms with Crippen LogP contribution in [0, 0.1) is 5.82 Å². The van der Waals surface area contributed by atoms with Gasteiger partial charge in [0.2, 0.25) is 0 Å². The predicted molar refractivity (Wildman–Crippen MR) is 69.3 cm³/mol. The van der Waals surface area contributed by atoms with Gasteiger partial charge in [0.25, 0.3) is 0 Å². The van der Waals surface area contributed by atoms with Crippen molar-refractivity contribution in [3.05, 3.63) is 58.3 Å². The van der Waals surface area contributed by atoms with Crippen molar-refractivity contribution in [2.45, 2.75) is 6.61 Å². The van der Waals surface area contributed by atoms with E-state index >= 15 is 0 Å². The van der Waals surface area contributed by atoms with Crippen molar-refractivity contribution in [2.75, 3.05) is 5.73 Å². The Labute approximate surface area is 107 Å². The summed E-state index contributed by atoms with van der Waals surface area (Å²) in [7, 11) is 0. The highest BCUT2D eigenvalue weighted by molar-refractivity contribution is 9.10. The topological polar surface area (TPSA) is 35.2 Å². The van der Waals surface area contributed by atoms with Gasteiger partial charge in [-0.25, -0.2) is 4.39 Å². The molecule has 0 spiro atoms. The number of halogens is 2. The first-order valence-corrected chi connectivity index (χ1v) is 5.87. The summed E-state index contributed by atoms with van der Waals surface area (Å²) in [4.78, 5) is 0. The van der Waals surface area contributed by atoms with Gasteiger partial charge in [-0.15, -0.1) is 0 Å². The van der Waals surface area contributed by atoms with E-state index in [0.717, 1.165) is 4.47 Å². The lowest BCUT2D eigenvalue weighted by Crippen LogP contribution is -2.00. The molecule has 0 saturated heterocycles. The maximum Gasteiger partial charge on any atom is 0.142 e. The van der Waals surface area contributed by atoms with E-state index in [4.69, 9.17) is 10.5 Å². The van der Waals surface area contributed by atoms with Gasteiger partial charge in [-0.2, -0.15) is 0 Å². The molecule has 0 amide bonds. The normalized spacial score (nSPS) is 10.2. The summed E-state index contributed by atoms with van der Waals surface area (Å²) in [5.74, 6) is 0.273. The number of nitrogens with two attached hydrogens (primary N) is 1. The number of hydrogen-bond acceptors (Lipinski definition) is 2. The van der Waals surface area contributed by atoms with Gasteiger partial charge in [0, 0.05) is 10.0 Å². The molecule has 2 aromatic carbocycles. The first-order chi connectivity index (χ1) is 8.16. The van der Waals surface area contributed by atoms with Crippen LogP contribution in [0.3, 0.4) is 0 Å². The predicted octanol–water partition coefficient (Wildman–Crippen LogP) is 3.75. The lowest BCUT2D eigenvalue weighted by molar-refractivity contribution is 0.301. The monoisotopic (exact) mass is 295 g/mol. The first-order valence-electron chi connectivity index (χ1n) is 5.08. The Kier molecular flexibility index (Phi) is 3.64. The zero-order valence-corrected chi connectivity index (χ0v) is 10.6. The van der Waals surface area contributed by atoms with E-state index in [2.05, 4.69) is 15.9 Å². The largest absolute Gasteiger partial charge is 0.487 e. The highest BCUT2D eigenvalue weighted by Crippen LogP contribution is 2.22. The lowest BCUT2D eigenvalue weighted by atomic mass is 10.2. The molecule has 0 heterocycles. The van der Waals surface area contributed by atoms with Gasteiger partial charge in [-0.3, -0.25) is 0 Å². The van der Waals surface area contributed by atoms with Crippen LogP contribution >= 0.6 is 15.9 Å². The molecule has 0 atom stereocenters. The van der Waals surface area contributed by atoms with Crippen molar-refractivity contribution in [3.8, 4) is 5.75 Å². The van der Waals surface area contributed by atoms with Crippen LogP contribution in [-0.4, -0.2) is 0 Å². The molecule has 2 N–H and O–H groups in total. The molecule has 0 aromatic heterocycles. The standard InChI is InChI=1S/C13H11BrFNO/c14-10-5-6-11(15)9(7-10)8-17-13-4-2-1-3-12(13)16/h1-7H,8,16H2. The third-order valence-corrected chi connectivity index (χ3v) is 2.80. The highest BCUT2D eigenvalue weighted by Gasteiger charge is 2.05. The Morgan fingerprint density at radius 2 is 1.94 bits per heavy atom. The summed E-state index contributed by atoms with van der Waals surface area (Å²) < 4.78 is 19.7. The molecule has 0 radical (unpaired) electrons. The van der Waals surface area contributed by atoms with Crippen LogP contribution in [0.1, 0.15) is 5.56 Å². The minimum Gasteiger partial charge on any atom is -0.487 e. The quantitative estimate of drug-likeness (QED) is 0.875.